The Kier molecular flexibility index (Phi) is 6.06. The molecule has 1 aliphatic heterocycles. The minimum atomic E-state index is -4.51. The van der Waals surface area contributed by atoms with E-state index in [-0.39, 0.29) is 17.1 Å². The Bertz CT molecular complexity index is 1080. The fourth-order valence-corrected chi connectivity index (χ4v) is 6.19. The third-order valence-corrected chi connectivity index (χ3v) is 8.66. The van der Waals surface area contributed by atoms with Crippen LogP contribution in [0.4, 0.5) is 23.7 Å². The molecule has 2 heterocycles. The lowest BCUT2D eigenvalue weighted by Gasteiger charge is -2.49. The number of aryl methyl sites for hydroxylation is 1. The van der Waals surface area contributed by atoms with E-state index in [1.807, 2.05) is 13.1 Å². The summed E-state index contributed by atoms with van der Waals surface area (Å²) < 4.78 is 39.5. The van der Waals surface area contributed by atoms with Gasteiger partial charge in [0.1, 0.15) is 5.69 Å². The third-order valence-electron chi connectivity index (χ3n) is 8.66. The maximum absolute atomic E-state index is 13.8. The topological polar surface area (TPSA) is 48.5 Å². The number of alkyl halides is 3. The fraction of sp³-hybridized carbons (Fsp3) is 0.556. The van der Waals surface area contributed by atoms with Gasteiger partial charge in [-0.3, -0.25) is 4.90 Å². The molecule has 2 aromatic rings. The van der Waals surface area contributed by atoms with Crippen LogP contribution in [0.5, 0.6) is 0 Å². The lowest BCUT2D eigenvalue weighted by Crippen LogP contribution is -2.56. The van der Waals surface area contributed by atoms with Crippen LogP contribution in [0.15, 0.2) is 42.6 Å². The van der Waals surface area contributed by atoms with Gasteiger partial charge in [-0.1, -0.05) is 36.8 Å². The van der Waals surface area contributed by atoms with Crippen LogP contribution >= 0.6 is 0 Å². The lowest BCUT2D eigenvalue weighted by molar-refractivity contribution is -0.141. The minimum absolute atomic E-state index is 0.0989. The van der Waals surface area contributed by atoms with Crippen molar-refractivity contribution in [3.8, 4) is 0 Å². The van der Waals surface area contributed by atoms with Crippen LogP contribution in [0, 0.1) is 12.8 Å². The van der Waals surface area contributed by atoms with Crippen molar-refractivity contribution in [1.29, 1.82) is 0 Å². The van der Waals surface area contributed by atoms with E-state index in [4.69, 9.17) is 0 Å². The predicted octanol–water partition coefficient (Wildman–Crippen LogP) is 5.88. The Morgan fingerprint density at radius 2 is 1.80 bits per heavy atom. The number of nitrogens with zero attached hydrogens (tertiary/aromatic N) is 3. The van der Waals surface area contributed by atoms with Crippen molar-refractivity contribution in [3.63, 3.8) is 0 Å². The van der Waals surface area contributed by atoms with Gasteiger partial charge in [0, 0.05) is 12.1 Å². The number of aromatic nitrogens is 1. The number of carbonyl (C=O) groups excluding carboxylic acids is 1. The number of rotatable bonds is 5. The van der Waals surface area contributed by atoms with Gasteiger partial charge in [0.05, 0.1) is 24.0 Å². The Morgan fingerprint density at radius 3 is 2.34 bits per heavy atom. The number of hydrogen-bond donors (Lipinski definition) is 1. The predicted molar refractivity (Wildman–Crippen MR) is 129 cm³/mol. The molecule has 2 aliphatic carbocycles. The van der Waals surface area contributed by atoms with Crippen LogP contribution in [0.3, 0.4) is 0 Å². The molecule has 8 heteroatoms. The van der Waals surface area contributed by atoms with Crippen molar-refractivity contribution in [2.24, 2.45) is 5.92 Å². The SMILES string of the molecule is CNC1(c2ccccc2)CCC2(CC1)CN(c1cnc(C(F)(F)F)cc1C)C(=O)N2CC1CCC1. The van der Waals surface area contributed by atoms with E-state index in [1.54, 1.807) is 11.8 Å². The van der Waals surface area contributed by atoms with Gasteiger partial charge in [-0.15, -0.1) is 0 Å². The number of amides is 2. The van der Waals surface area contributed by atoms with E-state index >= 15 is 0 Å². The molecule has 1 aromatic carbocycles. The van der Waals surface area contributed by atoms with Gasteiger partial charge in [-0.2, -0.15) is 13.2 Å². The second-order valence-electron chi connectivity index (χ2n) is 10.6. The number of halogens is 3. The Hall–Kier alpha value is -2.61. The first-order valence-electron chi connectivity index (χ1n) is 12.5. The average molecular weight is 487 g/mol. The first-order chi connectivity index (χ1) is 16.7. The number of nitrogens with one attached hydrogen (secondary N) is 1. The van der Waals surface area contributed by atoms with E-state index < -0.39 is 11.9 Å². The highest BCUT2D eigenvalue weighted by Gasteiger charge is 2.54. The number of benzene rings is 1. The van der Waals surface area contributed by atoms with Gasteiger partial charge in [-0.25, -0.2) is 9.78 Å². The van der Waals surface area contributed by atoms with Crippen molar-refractivity contribution in [2.75, 3.05) is 25.0 Å². The molecule has 1 aromatic heterocycles. The molecule has 5 rings (SSSR count). The molecule has 2 saturated carbocycles. The zero-order valence-corrected chi connectivity index (χ0v) is 20.4. The normalized spacial score (nSPS) is 27.5. The number of hydrogen-bond acceptors (Lipinski definition) is 3. The Labute approximate surface area is 204 Å². The largest absolute Gasteiger partial charge is 0.433 e. The molecule has 1 spiro atoms. The van der Waals surface area contributed by atoms with Crippen LogP contribution in [-0.2, 0) is 11.7 Å². The van der Waals surface area contributed by atoms with Crippen molar-refractivity contribution in [3.05, 3.63) is 59.4 Å². The summed E-state index contributed by atoms with van der Waals surface area (Å²) in [7, 11) is 2.00. The molecular formula is C27H33F3N4O. The third kappa shape index (κ3) is 4.20. The quantitative estimate of drug-likeness (QED) is 0.574. The van der Waals surface area contributed by atoms with Crippen LogP contribution < -0.4 is 10.2 Å². The highest BCUT2D eigenvalue weighted by molar-refractivity contribution is 5.96. The molecule has 0 atom stereocenters. The number of urea groups is 1. The molecule has 0 unspecified atom stereocenters. The van der Waals surface area contributed by atoms with Crippen LogP contribution in [0.1, 0.15) is 61.8 Å². The Balaban J connectivity index is 1.45. The van der Waals surface area contributed by atoms with Crippen LogP contribution in [0.2, 0.25) is 0 Å². The van der Waals surface area contributed by atoms with Gasteiger partial charge in [0.2, 0.25) is 0 Å². The molecule has 0 bridgehead atoms. The van der Waals surface area contributed by atoms with Crippen molar-refractivity contribution >= 4 is 11.7 Å². The second kappa shape index (κ2) is 8.80. The smallest absolute Gasteiger partial charge is 0.317 e. The summed E-state index contributed by atoms with van der Waals surface area (Å²) in [6.07, 6.45) is 3.63. The molecule has 1 N–H and O–H groups in total. The number of pyridine rings is 1. The van der Waals surface area contributed by atoms with Gasteiger partial charge in [-0.05, 0) is 75.6 Å². The standard InChI is InChI=1S/C27H33F3N4O/c1-19-15-23(27(28,29)30)32-16-22(19)33-18-25(34(24(33)35)17-20-7-6-8-20)11-13-26(31-2,14-12-25)21-9-4-3-5-10-21/h3-5,9-10,15-16,20,31H,6-8,11-14,17-18H2,1-2H3. The Morgan fingerprint density at radius 1 is 1.11 bits per heavy atom. The van der Waals surface area contributed by atoms with E-state index in [0.717, 1.165) is 51.1 Å². The van der Waals surface area contributed by atoms with E-state index in [9.17, 15) is 18.0 Å². The van der Waals surface area contributed by atoms with E-state index in [2.05, 4.69) is 39.5 Å². The van der Waals surface area contributed by atoms with Gasteiger partial charge < -0.3 is 10.2 Å². The summed E-state index contributed by atoms with van der Waals surface area (Å²) in [4.78, 5) is 21.2. The zero-order chi connectivity index (χ0) is 24.8. The van der Waals surface area contributed by atoms with Crippen molar-refractivity contribution in [1.82, 2.24) is 15.2 Å². The van der Waals surface area contributed by atoms with E-state index in [1.165, 1.54) is 18.2 Å². The second-order valence-corrected chi connectivity index (χ2v) is 10.6. The van der Waals surface area contributed by atoms with Crippen molar-refractivity contribution < 1.29 is 18.0 Å². The molecule has 35 heavy (non-hydrogen) atoms. The maximum Gasteiger partial charge on any atom is 0.433 e. The molecule has 0 radical (unpaired) electrons. The van der Waals surface area contributed by atoms with Gasteiger partial charge >= 0.3 is 12.2 Å². The summed E-state index contributed by atoms with van der Waals surface area (Å²) in [5.41, 5.74) is 0.768. The molecule has 188 valence electrons. The monoisotopic (exact) mass is 486 g/mol. The first-order valence-corrected chi connectivity index (χ1v) is 12.5. The highest BCUT2D eigenvalue weighted by Crippen LogP contribution is 2.48. The first kappa shape index (κ1) is 24.1. The highest BCUT2D eigenvalue weighted by atomic mass is 19.4. The summed E-state index contributed by atoms with van der Waals surface area (Å²) in [6, 6.07) is 11.4. The number of carbonyl (C=O) groups is 1. The van der Waals surface area contributed by atoms with Crippen LogP contribution in [0.25, 0.3) is 0 Å². The molecule has 1 saturated heterocycles. The summed E-state index contributed by atoms with van der Waals surface area (Å²) in [5.74, 6) is 0.507. The van der Waals surface area contributed by atoms with E-state index in [0.29, 0.717) is 23.7 Å². The van der Waals surface area contributed by atoms with Crippen LogP contribution in [-0.4, -0.2) is 41.6 Å². The minimum Gasteiger partial charge on any atom is -0.317 e. The molecule has 3 aliphatic rings. The number of anilines is 1. The average Bonchev–Trinajstić information content (AvgIpc) is 3.08. The van der Waals surface area contributed by atoms with Gasteiger partial charge in [0.25, 0.3) is 0 Å². The molecule has 5 nitrogen and oxygen atoms in total. The summed E-state index contributed by atoms with van der Waals surface area (Å²) in [6.45, 7) is 2.84. The lowest BCUT2D eigenvalue weighted by atomic mass is 9.68. The zero-order valence-electron chi connectivity index (χ0n) is 20.4. The summed E-state index contributed by atoms with van der Waals surface area (Å²) in [5, 5.41) is 3.57. The van der Waals surface area contributed by atoms with Gasteiger partial charge in [0.15, 0.2) is 0 Å². The fourth-order valence-electron chi connectivity index (χ4n) is 6.19. The molecule has 2 amide bonds. The van der Waals surface area contributed by atoms with Crippen molar-refractivity contribution in [2.45, 2.75) is 69.1 Å². The molecule has 3 fully saturated rings. The summed E-state index contributed by atoms with van der Waals surface area (Å²) >= 11 is 0. The molecular weight excluding hydrogens is 453 g/mol. The maximum atomic E-state index is 13.8.